The third-order valence-electron chi connectivity index (χ3n) is 2.19. The smallest absolute Gasteiger partial charge is 0.105 e. The number of nitrogens with zero attached hydrogens (tertiary/aromatic N) is 1. The summed E-state index contributed by atoms with van der Waals surface area (Å²) in [4.78, 5) is 4.03. The molecule has 0 amide bonds. The highest BCUT2D eigenvalue weighted by molar-refractivity contribution is 5.23. The largest absolute Gasteiger partial charge is 0.377 e. The Labute approximate surface area is 70.7 Å². The van der Waals surface area contributed by atoms with Gasteiger partial charge in [-0.1, -0.05) is 6.07 Å². The third-order valence-corrected chi connectivity index (χ3v) is 2.19. The highest BCUT2D eigenvalue weighted by Crippen LogP contribution is 2.27. The Hall–Kier alpha value is -0.970. The van der Waals surface area contributed by atoms with E-state index in [1.807, 2.05) is 18.3 Å². The molecule has 1 aliphatic rings. The molecule has 0 unspecified atom stereocenters. The molecule has 2 rings (SSSR count). The lowest BCUT2D eigenvalue weighted by molar-refractivity contribution is -0.0788. The molecule has 4 heteroatoms. The topological polar surface area (TPSA) is 60.2 Å². The van der Waals surface area contributed by atoms with Gasteiger partial charge in [0.1, 0.15) is 5.54 Å². The van der Waals surface area contributed by atoms with Gasteiger partial charge in [0.05, 0.1) is 13.2 Å². The molecule has 1 saturated heterocycles. The third kappa shape index (κ3) is 1.01. The molecule has 0 atom stereocenters. The minimum Gasteiger partial charge on any atom is -0.377 e. The van der Waals surface area contributed by atoms with Gasteiger partial charge in [-0.15, -0.1) is 0 Å². The van der Waals surface area contributed by atoms with Gasteiger partial charge in [-0.05, 0) is 11.6 Å². The van der Waals surface area contributed by atoms with Crippen molar-refractivity contribution in [2.24, 2.45) is 5.84 Å². The maximum absolute atomic E-state index is 5.44. The molecule has 0 aliphatic carbocycles. The van der Waals surface area contributed by atoms with Gasteiger partial charge in [0, 0.05) is 12.4 Å². The van der Waals surface area contributed by atoms with Gasteiger partial charge in [-0.3, -0.25) is 10.8 Å². The first kappa shape index (κ1) is 7.67. The van der Waals surface area contributed by atoms with E-state index in [1.54, 1.807) is 6.20 Å². The van der Waals surface area contributed by atoms with E-state index < -0.39 is 0 Å². The number of aromatic nitrogens is 1. The van der Waals surface area contributed by atoms with Crippen molar-refractivity contribution >= 4 is 0 Å². The fourth-order valence-corrected chi connectivity index (χ4v) is 1.29. The van der Waals surface area contributed by atoms with Crippen LogP contribution in [0.25, 0.3) is 0 Å². The van der Waals surface area contributed by atoms with E-state index in [2.05, 4.69) is 10.4 Å². The normalized spacial score (nSPS) is 20.1. The Kier molecular flexibility index (Phi) is 1.80. The van der Waals surface area contributed by atoms with E-state index in [-0.39, 0.29) is 5.54 Å². The zero-order chi connectivity index (χ0) is 8.44. The summed E-state index contributed by atoms with van der Waals surface area (Å²) in [6.45, 7) is 1.24. The first-order valence-electron chi connectivity index (χ1n) is 3.83. The van der Waals surface area contributed by atoms with Crippen LogP contribution in [0, 0.1) is 0 Å². The van der Waals surface area contributed by atoms with Crippen LogP contribution in [0.4, 0.5) is 0 Å². The maximum Gasteiger partial charge on any atom is 0.105 e. The monoisotopic (exact) mass is 165 g/mol. The van der Waals surface area contributed by atoms with Crippen molar-refractivity contribution in [2.75, 3.05) is 13.2 Å². The average Bonchev–Trinajstić information content (AvgIpc) is 2.05. The molecule has 0 radical (unpaired) electrons. The van der Waals surface area contributed by atoms with Gasteiger partial charge in [-0.2, -0.15) is 0 Å². The lowest BCUT2D eigenvalue weighted by Crippen LogP contribution is -2.60. The molecular formula is C8H11N3O. The van der Waals surface area contributed by atoms with Crippen LogP contribution >= 0.6 is 0 Å². The van der Waals surface area contributed by atoms with E-state index in [4.69, 9.17) is 10.6 Å². The van der Waals surface area contributed by atoms with Crippen molar-refractivity contribution in [1.29, 1.82) is 0 Å². The molecule has 0 aromatic carbocycles. The fraction of sp³-hybridized carbons (Fsp3) is 0.375. The molecule has 1 aromatic rings. The molecule has 0 bridgehead atoms. The minimum absolute atomic E-state index is 0.200. The molecule has 1 aliphatic heterocycles. The van der Waals surface area contributed by atoms with Gasteiger partial charge in [-0.25, -0.2) is 5.43 Å². The number of nitrogens with two attached hydrogens (primary N) is 1. The molecule has 64 valence electrons. The van der Waals surface area contributed by atoms with Crippen LogP contribution in [-0.2, 0) is 10.3 Å². The first-order valence-corrected chi connectivity index (χ1v) is 3.83. The number of ether oxygens (including phenoxy) is 1. The SMILES string of the molecule is NNC1(c2cccnc2)COC1. The number of nitrogens with one attached hydrogen (secondary N) is 1. The van der Waals surface area contributed by atoms with Gasteiger partial charge in [0.15, 0.2) is 0 Å². The number of hydrogen-bond donors (Lipinski definition) is 2. The number of rotatable bonds is 2. The van der Waals surface area contributed by atoms with E-state index in [0.717, 1.165) is 5.56 Å². The van der Waals surface area contributed by atoms with Crippen molar-refractivity contribution in [1.82, 2.24) is 10.4 Å². The Morgan fingerprint density at radius 1 is 1.58 bits per heavy atom. The summed E-state index contributed by atoms with van der Waals surface area (Å²) in [5.41, 5.74) is 3.65. The van der Waals surface area contributed by atoms with E-state index in [0.29, 0.717) is 13.2 Å². The van der Waals surface area contributed by atoms with Crippen LogP contribution in [0.15, 0.2) is 24.5 Å². The molecule has 12 heavy (non-hydrogen) atoms. The summed E-state index contributed by atoms with van der Waals surface area (Å²) >= 11 is 0. The predicted octanol–water partition coefficient (Wildman–Crippen LogP) is -0.230. The van der Waals surface area contributed by atoms with Crippen LogP contribution in [0.2, 0.25) is 0 Å². The molecule has 3 N–H and O–H groups in total. The molecule has 1 aromatic heterocycles. The Bertz CT molecular complexity index is 253. The standard InChI is InChI=1S/C8H11N3O/c9-11-8(5-12-6-8)7-2-1-3-10-4-7/h1-4,11H,5-6,9H2. The van der Waals surface area contributed by atoms with Crippen molar-refractivity contribution < 1.29 is 4.74 Å². The molecule has 2 heterocycles. The Morgan fingerprint density at radius 2 is 2.42 bits per heavy atom. The quantitative estimate of drug-likeness (QED) is 0.469. The summed E-state index contributed by atoms with van der Waals surface area (Å²) < 4.78 is 5.11. The van der Waals surface area contributed by atoms with Crippen molar-refractivity contribution in [3.05, 3.63) is 30.1 Å². The zero-order valence-corrected chi connectivity index (χ0v) is 6.66. The summed E-state index contributed by atoms with van der Waals surface area (Å²) in [6.07, 6.45) is 3.55. The zero-order valence-electron chi connectivity index (χ0n) is 6.66. The summed E-state index contributed by atoms with van der Waals surface area (Å²) in [5.74, 6) is 5.44. The van der Waals surface area contributed by atoms with E-state index in [1.165, 1.54) is 0 Å². The summed E-state index contributed by atoms with van der Waals surface area (Å²) in [5, 5.41) is 0. The van der Waals surface area contributed by atoms with Gasteiger partial charge < -0.3 is 4.74 Å². The van der Waals surface area contributed by atoms with Crippen LogP contribution in [-0.4, -0.2) is 18.2 Å². The van der Waals surface area contributed by atoms with Crippen LogP contribution < -0.4 is 11.3 Å². The summed E-state index contributed by atoms with van der Waals surface area (Å²) in [6, 6.07) is 3.89. The second-order valence-corrected chi connectivity index (χ2v) is 2.96. The van der Waals surface area contributed by atoms with Gasteiger partial charge in [0.2, 0.25) is 0 Å². The van der Waals surface area contributed by atoms with Gasteiger partial charge in [0.25, 0.3) is 0 Å². The predicted molar refractivity (Wildman–Crippen MR) is 44.1 cm³/mol. The lowest BCUT2D eigenvalue weighted by Gasteiger charge is -2.40. The number of pyridine rings is 1. The van der Waals surface area contributed by atoms with Crippen molar-refractivity contribution in [3.8, 4) is 0 Å². The van der Waals surface area contributed by atoms with Crippen LogP contribution in [0.1, 0.15) is 5.56 Å². The fourth-order valence-electron chi connectivity index (χ4n) is 1.29. The molecule has 0 spiro atoms. The number of hydrogen-bond acceptors (Lipinski definition) is 4. The van der Waals surface area contributed by atoms with Crippen LogP contribution in [0.5, 0.6) is 0 Å². The van der Waals surface area contributed by atoms with E-state index in [9.17, 15) is 0 Å². The Morgan fingerprint density at radius 3 is 2.83 bits per heavy atom. The molecule has 1 fully saturated rings. The second kappa shape index (κ2) is 2.82. The minimum atomic E-state index is -0.200. The van der Waals surface area contributed by atoms with Gasteiger partial charge >= 0.3 is 0 Å². The second-order valence-electron chi connectivity index (χ2n) is 2.96. The highest BCUT2D eigenvalue weighted by atomic mass is 16.5. The first-order chi connectivity index (χ1) is 5.87. The van der Waals surface area contributed by atoms with E-state index >= 15 is 0 Å². The van der Waals surface area contributed by atoms with Crippen LogP contribution in [0.3, 0.4) is 0 Å². The molecular weight excluding hydrogens is 154 g/mol. The maximum atomic E-state index is 5.44. The summed E-state index contributed by atoms with van der Waals surface area (Å²) in [7, 11) is 0. The average molecular weight is 165 g/mol. The highest BCUT2D eigenvalue weighted by Gasteiger charge is 2.39. The van der Waals surface area contributed by atoms with Crippen molar-refractivity contribution in [3.63, 3.8) is 0 Å². The van der Waals surface area contributed by atoms with Crippen molar-refractivity contribution in [2.45, 2.75) is 5.54 Å². The Balaban J connectivity index is 2.28. The lowest BCUT2D eigenvalue weighted by atomic mass is 9.90. The molecule has 4 nitrogen and oxygen atoms in total. The molecule has 0 saturated carbocycles. The number of hydrazine groups is 1.